The molecule has 1 saturated heterocycles. The summed E-state index contributed by atoms with van der Waals surface area (Å²) in [6.45, 7) is -0.0889. The van der Waals surface area contributed by atoms with Gasteiger partial charge >= 0.3 is 12.1 Å². The van der Waals surface area contributed by atoms with Crippen LogP contribution in [0.25, 0.3) is 0 Å². The second-order valence-electron chi connectivity index (χ2n) is 4.60. The first-order valence-corrected chi connectivity index (χ1v) is 6.80. The Kier molecular flexibility index (Phi) is 4.03. The average Bonchev–Trinajstić information content (AvgIpc) is 2.87. The summed E-state index contributed by atoms with van der Waals surface area (Å²) in [6, 6.07) is 2.62. The molecule has 0 radical (unpaired) electrons. The number of carboxylic acids is 1. The Bertz CT molecular complexity index is 526. The number of hydrogen-bond acceptors (Lipinski definition) is 3. The highest BCUT2D eigenvalue weighted by Gasteiger charge is 2.42. The molecule has 0 aromatic carbocycles. The van der Waals surface area contributed by atoms with Gasteiger partial charge in [-0.1, -0.05) is 0 Å². The summed E-state index contributed by atoms with van der Waals surface area (Å²) in [5.41, 5.74) is 0. The number of aromatic carboxylic acids is 1. The second-order valence-corrected chi connectivity index (χ2v) is 5.68. The van der Waals surface area contributed by atoms with Crippen LogP contribution in [0.2, 0.25) is 0 Å². The highest BCUT2D eigenvalue weighted by atomic mass is 32.1. The van der Waals surface area contributed by atoms with Crippen LogP contribution >= 0.6 is 11.3 Å². The number of thiophene rings is 1. The fourth-order valence-electron chi connectivity index (χ4n) is 2.15. The molecule has 1 amide bonds. The van der Waals surface area contributed by atoms with Crippen LogP contribution in [0.5, 0.6) is 0 Å². The van der Waals surface area contributed by atoms with Crippen molar-refractivity contribution in [3.63, 3.8) is 0 Å². The van der Waals surface area contributed by atoms with E-state index in [4.69, 9.17) is 5.11 Å². The summed E-state index contributed by atoms with van der Waals surface area (Å²) >= 11 is 0.779. The second kappa shape index (κ2) is 5.43. The number of piperidine rings is 1. The van der Waals surface area contributed by atoms with Gasteiger partial charge in [-0.05, 0) is 25.0 Å². The van der Waals surface area contributed by atoms with Crippen LogP contribution in [-0.4, -0.2) is 41.1 Å². The molecular formula is C12H12F3NO3S. The molecule has 1 fully saturated rings. The van der Waals surface area contributed by atoms with Crippen molar-refractivity contribution in [2.24, 2.45) is 5.92 Å². The monoisotopic (exact) mass is 307 g/mol. The van der Waals surface area contributed by atoms with Crippen LogP contribution in [0.3, 0.4) is 0 Å². The summed E-state index contributed by atoms with van der Waals surface area (Å²) in [5, 5.41) is 8.78. The van der Waals surface area contributed by atoms with Crippen LogP contribution in [0.4, 0.5) is 13.2 Å². The summed E-state index contributed by atoms with van der Waals surface area (Å²) < 4.78 is 38.0. The van der Waals surface area contributed by atoms with Crippen LogP contribution in [0, 0.1) is 5.92 Å². The van der Waals surface area contributed by atoms with E-state index in [1.165, 1.54) is 12.1 Å². The molecule has 0 aliphatic carbocycles. The van der Waals surface area contributed by atoms with Gasteiger partial charge in [0.25, 0.3) is 5.91 Å². The number of carbonyl (C=O) groups excluding carboxylic acids is 1. The van der Waals surface area contributed by atoms with E-state index in [2.05, 4.69) is 0 Å². The van der Waals surface area contributed by atoms with Crippen molar-refractivity contribution in [1.82, 2.24) is 4.90 Å². The number of likely N-dealkylation sites (tertiary alicyclic amines) is 1. The first-order chi connectivity index (χ1) is 9.29. The van der Waals surface area contributed by atoms with Gasteiger partial charge in [0.2, 0.25) is 0 Å². The minimum absolute atomic E-state index is 0.00210. The van der Waals surface area contributed by atoms with Crippen molar-refractivity contribution in [3.05, 3.63) is 21.9 Å². The molecular weight excluding hydrogens is 295 g/mol. The van der Waals surface area contributed by atoms with E-state index in [1.54, 1.807) is 0 Å². The Morgan fingerprint density at radius 3 is 2.50 bits per heavy atom. The molecule has 110 valence electrons. The first-order valence-electron chi connectivity index (χ1n) is 5.98. The molecule has 2 heterocycles. The van der Waals surface area contributed by atoms with Crippen LogP contribution in [-0.2, 0) is 0 Å². The molecule has 4 nitrogen and oxygen atoms in total. The minimum Gasteiger partial charge on any atom is -0.477 e. The summed E-state index contributed by atoms with van der Waals surface area (Å²) in [4.78, 5) is 24.1. The predicted molar refractivity (Wildman–Crippen MR) is 66.0 cm³/mol. The molecule has 0 spiro atoms. The van der Waals surface area contributed by atoms with Crippen LogP contribution < -0.4 is 0 Å². The topological polar surface area (TPSA) is 57.6 Å². The lowest BCUT2D eigenvalue weighted by atomic mass is 9.97. The van der Waals surface area contributed by atoms with Crippen molar-refractivity contribution in [1.29, 1.82) is 0 Å². The van der Waals surface area contributed by atoms with Gasteiger partial charge in [-0.15, -0.1) is 11.3 Å². The van der Waals surface area contributed by atoms with E-state index in [-0.39, 0.29) is 29.3 Å². The summed E-state index contributed by atoms with van der Waals surface area (Å²) in [6.07, 6.45) is -3.98. The van der Waals surface area contributed by atoms with Gasteiger partial charge in [0.05, 0.1) is 10.8 Å². The lowest BCUT2D eigenvalue weighted by Crippen LogP contribution is -2.44. The SMILES string of the molecule is O=C(O)c1ccc(C(=O)N2CCC[C@H](C(F)(F)F)C2)s1. The number of rotatable bonds is 2. The molecule has 1 aliphatic rings. The lowest BCUT2D eigenvalue weighted by Gasteiger charge is -2.33. The molecule has 0 bridgehead atoms. The maximum atomic E-state index is 12.7. The van der Waals surface area contributed by atoms with Crippen molar-refractivity contribution in [2.45, 2.75) is 19.0 Å². The smallest absolute Gasteiger partial charge is 0.393 e. The van der Waals surface area contributed by atoms with Crippen molar-refractivity contribution in [2.75, 3.05) is 13.1 Å². The molecule has 1 aromatic heterocycles. The number of carboxylic acid groups (broad SMARTS) is 1. The van der Waals surface area contributed by atoms with Crippen LogP contribution in [0.15, 0.2) is 12.1 Å². The molecule has 0 saturated carbocycles. The van der Waals surface area contributed by atoms with Crippen molar-refractivity contribution < 1.29 is 27.9 Å². The first kappa shape index (κ1) is 14.8. The fourth-order valence-corrected chi connectivity index (χ4v) is 2.97. The van der Waals surface area contributed by atoms with Gasteiger partial charge in [0.1, 0.15) is 4.88 Å². The van der Waals surface area contributed by atoms with E-state index in [0.29, 0.717) is 6.42 Å². The minimum atomic E-state index is -4.30. The highest BCUT2D eigenvalue weighted by molar-refractivity contribution is 7.15. The van der Waals surface area contributed by atoms with Crippen molar-refractivity contribution in [3.8, 4) is 0 Å². The summed E-state index contributed by atoms with van der Waals surface area (Å²) in [5.74, 6) is -3.18. The quantitative estimate of drug-likeness (QED) is 0.914. The van der Waals surface area contributed by atoms with Gasteiger partial charge in [-0.3, -0.25) is 4.79 Å². The van der Waals surface area contributed by atoms with E-state index >= 15 is 0 Å². The number of alkyl halides is 3. The van der Waals surface area contributed by atoms with E-state index in [1.807, 2.05) is 0 Å². The third-order valence-corrected chi connectivity index (χ3v) is 4.26. The molecule has 1 aliphatic heterocycles. The third kappa shape index (κ3) is 3.12. The zero-order valence-corrected chi connectivity index (χ0v) is 11.1. The standard InChI is InChI=1S/C12H12F3NO3S/c13-12(14,15)7-2-1-5-16(6-7)10(17)8-3-4-9(20-8)11(18)19/h3-4,7H,1-2,5-6H2,(H,18,19)/t7-/m0/s1. The third-order valence-electron chi connectivity index (χ3n) is 3.20. The molecule has 20 heavy (non-hydrogen) atoms. The Balaban J connectivity index is 2.10. The molecule has 1 aromatic rings. The van der Waals surface area contributed by atoms with E-state index < -0.39 is 24.0 Å². The lowest BCUT2D eigenvalue weighted by molar-refractivity contribution is -0.184. The number of nitrogens with zero attached hydrogens (tertiary/aromatic N) is 1. The maximum Gasteiger partial charge on any atom is 0.393 e. The maximum absolute atomic E-state index is 12.7. The Labute approximate surface area is 116 Å². The average molecular weight is 307 g/mol. The number of hydrogen-bond donors (Lipinski definition) is 1. The molecule has 2 rings (SSSR count). The van der Waals surface area contributed by atoms with Crippen LogP contribution in [0.1, 0.15) is 32.2 Å². The highest BCUT2D eigenvalue weighted by Crippen LogP contribution is 2.33. The van der Waals surface area contributed by atoms with E-state index in [9.17, 15) is 22.8 Å². The van der Waals surface area contributed by atoms with Gasteiger partial charge in [0, 0.05) is 13.1 Å². The Morgan fingerprint density at radius 2 is 1.95 bits per heavy atom. The summed E-state index contributed by atoms with van der Waals surface area (Å²) in [7, 11) is 0. The predicted octanol–water partition coefficient (Wildman–Crippen LogP) is 2.86. The molecule has 1 N–H and O–H groups in total. The Hall–Kier alpha value is -1.57. The zero-order valence-electron chi connectivity index (χ0n) is 10.3. The normalized spacial score (nSPS) is 19.9. The van der Waals surface area contributed by atoms with Gasteiger partial charge in [-0.25, -0.2) is 4.79 Å². The van der Waals surface area contributed by atoms with Crippen molar-refractivity contribution >= 4 is 23.2 Å². The number of amides is 1. The molecule has 1 atom stereocenters. The number of carbonyl (C=O) groups is 2. The Morgan fingerprint density at radius 1 is 1.30 bits per heavy atom. The number of halogens is 3. The fraction of sp³-hybridized carbons (Fsp3) is 0.500. The van der Waals surface area contributed by atoms with E-state index in [0.717, 1.165) is 16.2 Å². The largest absolute Gasteiger partial charge is 0.477 e. The van der Waals surface area contributed by atoms with Gasteiger partial charge < -0.3 is 10.0 Å². The molecule has 0 unspecified atom stereocenters. The van der Waals surface area contributed by atoms with Gasteiger partial charge in [-0.2, -0.15) is 13.2 Å². The zero-order chi connectivity index (χ0) is 14.9. The van der Waals surface area contributed by atoms with Gasteiger partial charge in [0.15, 0.2) is 0 Å². The molecule has 8 heteroatoms.